The molecule has 0 radical (unpaired) electrons. The molecule has 0 saturated carbocycles. The van der Waals surface area contributed by atoms with Crippen molar-refractivity contribution < 1.29 is 19.4 Å². The van der Waals surface area contributed by atoms with Crippen molar-refractivity contribution in [3.05, 3.63) is 58.8 Å². The highest BCUT2D eigenvalue weighted by Crippen LogP contribution is 2.36. The van der Waals surface area contributed by atoms with Gasteiger partial charge in [-0.1, -0.05) is 30.3 Å². The Morgan fingerprint density at radius 2 is 2.03 bits per heavy atom. The molecule has 2 fully saturated rings. The minimum atomic E-state index is -0.776. The van der Waals surface area contributed by atoms with Crippen LogP contribution in [0.25, 0.3) is 0 Å². The van der Waals surface area contributed by atoms with Gasteiger partial charge < -0.3 is 19.9 Å². The van der Waals surface area contributed by atoms with Crippen LogP contribution in [0, 0.1) is 0 Å². The molecule has 0 bridgehead atoms. The molecule has 194 valence electrons. The smallest absolute Gasteiger partial charge is 0.325 e. The normalized spacial score (nSPS) is 21.6. The van der Waals surface area contributed by atoms with Gasteiger partial charge in [-0.25, -0.2) is 4.98 Å². The maximum absolute atomic E-state index is 12.4. The lowest BCUT2D eigenvalue weighted by molar-refractivity contribution is -0.143. The number of aromatic nitrogens is 1. The number of carboxylic acids is 1. The molecule has 7 nitrogen and oxygen atoms in total. The zero-order chi connectivity index (χ0) is 24.7. The Morgan fingerprint density at radius 1 is 1.17 bits per heavy atom. The van der Waals surface area contributed by atoms with Crippen LogP contribution in [0.2, 0.25) is 0 Å². The number of aryl methyl sites for hydroxylation is 2. The van der Waals surface area contributed by atoms with Crippen molar-refractivity contribution in [2.24, 2.45) is 0 Å². The molecular formula is C29H39N3O4. The molecule has 0 aliphatic carbocycles. The summed E-state index contributed by atoms with van der Waals surface area (Å²) in [7, 11) is 0. The summed E-state index contributed by atoms with van der Waals surface area (Å²) >= 11 is 0. The highest BCUT2D eigenvalue weighted by Gasteiger charge is 2.36. The fraction of sp³-hybridized carbons (Fsp3) is 0.586. The van der Waals surface area contributed by atoms with Gasteiger partial charge in [0.1, 0.15) is 11.9 Å². The molecule has 7 heteroatoms. The average molecular weight is 494 g/mol. The molecule has 1 aromatic carbocycles. The molecule has 1 unspecified atom stereocenters. The first-order valence-electron chi connectivity index (χ1n) is 13.7. The van der Waals surface area contributed by atoms with E-state index in [1.165, 1.54) is 17.5 Å². The van der Waals surface area contributed by atoms with E-state index in [4.69, 9.17) is 14.5 Å². The van der Waals surface area contributed by atoms with E-state index in [1.54, 1.807) is 0 Å². The maximum atomic E-state index is 12.4. The van der Waals surface area contributed by atoms with E-state index in [1.807, 2.05) is 18.2 Å². The minimum absolute atomic E-state index is 0.0909. The third kappa shape index (κ3) is 6.07. The number of nitrogens with zero attached hydrogens (tertiary/aromatic N) is 2. The van der Waals surface area contributed by atoms with Crippen LogP contribution in [0.5, 0.6) is 0 Å². The molecule has 0 amide bonds. The van der Waals surface area contributed by atoms with E-state index in [9.17, 15) is 9.90 Å². The molecule has 5 rings (SSSR count). The number of nitrogens with one attached hydrogen (secondary N) is 1. The van der Waals surface area contributed by atoms with Gasteiger partial charge in [0, 0.05) is 45.1 Å². The van der Waals surface area contributed by atoms with Gasteiger partial charge >= 0.3 is 5.97 Å². The SMILES string of the molecule is O=C(O)C(c1ccccc1C1CCOCC1)N1CC[C@@H](OCCCCc2ccc3c(n2)NCCC3)C1. The molecule has 2 atom stereocenters. The summed E-state index contributed by atoms with van der Waals surface area (Å²) in [5.74, 6) is 0.654. The average Bonchev–Trinajstić information content (AvgIpc) is 3.37. The molecular weight excluding hydrogens is 454 g/mol. The summed E-state index contributed by atoms with van der Waals surface area (Å²) in [4.78, 5) is 19.3. The Hall–Kier alpha value is -2.48. The number of carboxylic acid groups (broad SMARTS) is 1. The monoisotopic (exact) mass is 493 g/mol. The molecule has 36 heavy (non-hydrogen) atoms. The number of anilines is 1. The number of likely N-dealkylation sites (tertiary alicyclic amines) is 1. The zero-order valence-corrected chi connectivity index (χ0v) is 21.2. The largest absolute Gasteiger partial charge is 0.480 e. The first-order chi connectivity index (χ1) is 17.7. The van der Waals surface area contributed by atoms with Crippen LogP contribution in [0.4, 0.5) is 5.82 Å². The highest BCUT2D eigenvalue weighted by atomic mass is 16.5. The van der Waals surface area contributed by atoms with E-state index < -0.39 is 12.0 Å². The predicted octanol–water partition coefficient (Wildman–Crippen LogP) is 4.57. The third-order valence-corrected chi connectivity index (χ3v) is 7.86. The minimum Gasteiger partial charge on any atom is -0.480 e. The summed E-state index contributed by atoms with van der Waals surface area (Å²) in [5, 5.41) is 13.6. The number of hydrogen-bond acceptors (Lipinski definition) is 6. The van der Waals surface area contributed by atoms with E-state index in [0.717, 1.165) is 88.3 Å². The number of carbonyl (C=O) groups is 1. The Morgan fingerprint density at radius 3 is 2.89 bits per heavy atom. The molecule has 0 spiro atoms. The summed E-state index contributed by atoms with van der Waals surface area (Å²) in [6, 6.07) is 11.9. The quantitative estimate of drug-likeness (QED) is 0.469. The van der Waals surface area contributed by atoms with E-state index in [-0.39, 0.29) is 6.10 Å². The van der Waals surface area contributed by atoms with E-state index in [2.05, 4.69) is 28.4 Å². The summed E-state index contributed by atoms with van der Waals surface area (Å²) in [6.07, 6.45) is 8.15. The van der Waals surface area contributed by atoms with Crippen molar-refractivity contribution in [2.75, 3.05) is 44.8 Å². The predicted molar refractivity (Wildman–Crippen MR) is 140 cm³/mol. The lowest BCUT2D eigenvalue weighted by atomic mass is 9.85. The number of rotatable bonds is 10. The van der Waals surface area contributed by atoms with Crippen molar-refractivity contribution in [1.82, 2.24) is 9.88 Å². The Balaban J connectivity index is 1.11. The second-order valence-corrected chi connectivity index (χ2v) is 10.3. The molecule has 3 aliphatic rings. The van der Waals surface area contributed by atoms with Gasteiger partial charge in [-0.15, -0.1) is 0 Å². The summed E-state index contributed by atoms with van der Waals surface area (Å²) in [6.45, 7) is 4.62. The number of benzene rings is 1. The van der Waals surface area contributed by atoms with E-state index >= 15 is 0 Å². The fourth-order valence-corrected chi connectivity index (χ4v) is 5.92. The van der Waals surface area contributed by atoms with Crippen molar-refractivity contribution in [3.63, 3.8) is 0 Å². The Labute approximate surface area is 214 Å². The van der Waals surface area contributed by atoms with Gasteiger partial charge in [-0.05, 0) is 80.0 Å². The standard InChI is InChI=1S/C29H39N3O4/c33-29(34)27(26-9-2-1-8-25(26)21-13-18-35-19-14-21)32-16-12-24(20-32)36-17-4-3-7-23-11-10-22-6-5-15-30-28(22)31-23/h1-2,8-11,21,24,27H,3-7,12-20H2,(H,30,31)(H,33,34)/t24-,27?/m1/s1. The number of aliphatic carboxylic acids is 1. The zero-order valence-electron chi connectivity index (χ0n) is 21.2. The van der Waals surface area contributed by atoms with Gasteiger partial charge in [0.15, 0.2) is 0 Å². The topological polar surface area (TPSA) is 83.9 Å². The fourth-order valence-electron chi connectivity index (χ4n) is 5.92. The molecule has 2 N–H and O–H groups in total. The van der Waals surface area contributed by atoms with Crippen molar-refractivity contribution in [2.45, 2.75) is 69.4 Å². The summed E-state index contributed by atoms with van der Waals surface area (Å²) in [5.41, 5.74) is 4.57. The van der Waals surface area contributed by atoms with Gasteiger partial charge in [-0.3, -0.25) is 9.69 Å². The summed E-state index contributed by atoms with van der Waals surface area (Å²) < 4.78 is 11.7. The van der Waals surface area contributed by atoms with Crippen LogP contribution in [-0.4, -0.2) is 66.5 Å². The van der Waals surface area contributed by atoms with E-state index in [0.29, 0.717) is 19.1 Å². The Kier molecular flexibility index (Phi) is 8.51. The van der Waals surface area contributed by atoms with Crippen molar-refractivity contribution in [3.8, 4) is 0 Å². The third-order valence-electron chi connectivity index (χ3n) is 7.86. The number of fused-ring (bicyclic) bond motifs is 1. The number of hydrogen-bond donors (Lipinski definition) is 2. The molecule has 1 aromatic heterocycles. The number of ether oxygens (including phenoxy) is 2. The first kappa shape index (κ1) is 25.2. The van der Waals surface area contributed by atoms with Crippen LogP contribution >= 0.6 is 0 Å². The number of pyridine rings is 1. The second-order valence-electron chi connectivity index (χ2n) is 10.3. The first-order valence-corrected chi connectivity index (χ1v) is 13.7. The van der Waals surface area contributed by atoms with Crippen LogP contribution in [0.3, 0.4) is 0 Å². The van der Waals surface area contributed by atoms with Crippen LogP contribution in [-0.2, 0) is 27.1 Å². The molecule has 2 aromatic rings. The van der Waals surface area contributed by atoms with Crippen molar-refractivity contribution >= 4 is 11.8 Å². The highest BCUT2D eigenvalue weighted by molar-refractivity contribution is 5.76. The van der Waals surface area contributed by atoms with Gasteiger partial charge in [0.05, 0.1) is 6.10 Å². The second kappa shape index (κ2) is 12.2. The molecule has 4 heterocycles. The van der Waals surface area contributed by atoms with Gasteiger partial charge in [0.25, 0.3) is 0 Å². The lowest BCUT2D eigenvalue weighted by Crippen LogP contribution is -2.34. The molecule has 2 saturated heterocycles. The molecule has 3 aliphatic heterocycles. The number of unbranched alkanes of at least 4 members (excludes halogenated alkanes) is 1. The van der Waals surface area contributed by atoms with Crippen LogP contribution in [0.15, 0.2) is 36.4 Å². The van der Waals surface area contributed by atoms with Crippen LogP contribution < -0.4 is 5.32 Å². The van der Waals surface area contributed by atoms with Crippen molar-refractivity contribution in [1.29, 1.82) is 0 Å². The Bertz CT molecular complexity index is 1020. The van der Waals surface area contributed by atoms with Gasteiger partial charge in [-0.2, -0.15) is 0 Å². The van der Waals surface area contributed by atoms with Gasteiger partial charge in [0.2, 0.25) is 0 Å². The van der Waals surface area contributed by atoms with Crippen LogP contribution in [0.1, 0.15) is 72.9 Å². The maximum Gasteiger partial charge on any atom is 0.325 e. The lowest BCUT2D eigenvalue weighted by Gasteiger charge is -2.30.